The highest BCUT2D eigenvalue weighted by Crippen LogP contribution is 2.35. The van der Waals surface area contributed by atoms with Gasteiger partial charge >= 0.3 is 0 Å². The molecule has 3 rings (SSSR count). The number of amides is 1. The van der Waals surface area contributed by atoms with E-state index in [1.54, 1.807) is 31.1 Å². The highest BCUT2D eigenvalue weighted by molar-refractivity contribution is 6.34. The molecule has 1 aromatic heterocycles. The van der Waals surface area contributed by atoms with E-state index in [0.717, 1.165) is 22.0 Å². The number of carbonyl (C=O) groups is 1. The Morgan fingerprint density at radius 2 is 1.96 bits per heavy atom. The van der Waals surface area contributed by atoms with Gasteiger partial charge in [-0.3, -0.25) is 4.79 Å². The Bertz CT molecular complexity index is 967. The summed E-state index contributed by atoms with van der Waals surface area (Å²) in [4.78, 5) is 18.2. The number of rotatable bonds is 3. The van der Waals surface area contributed by atoms with Gasteiger partial charge in [-0.2, -0.15) is 0 Å². The van der Waals surface area contributed by atoms with Crippen molar-refractivity contribution in [2.75, 3.05) is 14.1 Å². The lowest BCUT2D eigenvalue weighted by Crippen LogP contribution is -2.23. The second-order valence-corrected chi connectivity index (χ2v) is 6.66. The minimum absolute atomic E-state index is 0.0315. The number of phenolic OH excluding ortho intramolecular Hbond substituents is 1. The van der Waals surface area contributed by atoms with Crippen molar-refractivity contribution in [3.8, 4) is 17.0 Å². The van der Waals surface area contributed by atoms with Gasteiger partial charge in [0.15, 0.2) is 0 Å². The maximum atomic E-state index is 11.9. The Morgan fingerprint density at radius 1 is 1.20 bits per heavy atom. The van der Waals surface area contributed by atoms with E-state index in [1.165, 1.54) is 0 Å². The molecule has 25 heavy (non-hydrogen) atoms. The molecule has 0 saturated heterocycles. The lowest BCUT2D eigenvalue weighted by Gasteiger charge is -2.12. The fourth-order valence-electron chi connectivity index (χ4n) is 2.75. The van der Waals surface area contributed by atoms with Crippen LogP contribution in [0.1, 0.15) is 11.1 Å². The molecule has 0 aliphatic carbocycles. The average molecular weight is 355 g/mol. The second-order valence-electron chi connectivity index (χ2n) is 6.28. The van der Waals surface area contributed by atoms with E-state index in [9.17, 15) is 9.90 Å². The number of carbonyl (C=O) groups excluding carboxylic acids is 1. The summed E-state index contributed by atoms with van der Waals surface area (Å²) in [5.74, 6) is 0.0762. The number of aromatic nitrogens is 1. The third-order valence-corrected chi connectivity index (χ3v) is 4.59. The molecule has 2 aromatic carbocycles. The molecule has 1 N–H and O–H groups in total. The normalized spacial score (nSPS) is 10.9. The van der Waals surface area contributed by atoms with Crippen molar-refractivity contribution < 1.29 is 9.90 Å². The van der Waals surface area contributed by atoms with Crippen LogP contribution in [0.2, 0.25) is 5.02 Å². The number of fused-ring (bicyclic) bond motifs is 1. The van der Waals surface area contributed by atoms with Gasteiger partial charge in [-0.05, 0) is 36.2 Å². The zero-order chi connectivity index (χ0) is 18.1. The van der Waals surface area contributed by atoms with Crippen LogP contribution < -0.4 is 0 Å². The third kappa shape index (κ3) is 3.44. The van der Waals surface area contributed by atoms with Crippen LogP contribution in [-0.2, 0) is 11.2 Å². The van der Waals surface area contributed by atoms with E-state index >= 15 is 0 Å². The second kappa shape index (κ2) is 6.73. The zero-order valence-corrected chi connectivity index (χ0v) is 15.1. The molecule has 0 aliphatic heterocycles. The largest absolute Gasteiger partial charge is 0.506 e. The van der Waals surface area contributed by atoms with Gasteiger partial charge < -0.3 is 10.0 Å². The Labute approximate surface area is 151 Å². The molecule has 0 aliphatic rings. The first-order valence-corrected chi connectivity index (χ1v) is 8.33. The summed E-state index contributed by atoms with van der Waals surface area (Å²) in [6.45, 7) is 2.01. The Morgan fingerprint density at radius 3 is 2.68 bits per heavy atom. The number of likely N-dealkylation sites (N-methyl/N-ethyl adjacent to an activating group) is 1. The van der Waals surface area contributed by atoms with Crippen LogP contribution in [0.15, 0.2) is 42.5 Å². The number of aryl methyl sites for hydroxylation is 1. The van der Waals surface area contributed by atoms with Crippen LogP contribution in [0.5, 0.6) is 5.75 Å². The fraction of sp³-hybridized carbons (Fsp3) is 0.200. The van der Waals surface area contributed by atoms with E-state index in [0.29, 0.717) is 17.7 Å². The Kier molecular flexibility index (Phi) is 4.64. The molecule has 3 aromatic rings. The van der Waals surface area contributed by atoms with E-state index in [1.807, 2.05) is 37.3 Å². The van der Waals surface area contributed by atoms with Gasteiger partial charge in [0.05, 0.1) is 22.7 Å². The van der Waals surface area contributed by atoms with Crippen molar-refractivity contribution in [2.45, 2.75) is 13.3 Å². The Hall–Kier alpha value is -2.59. The maximum Gasteiger partial charge on any atom is 0.226 e. The Balaban J connectivity index is 2.10. The summed E-state index contributed by atoms with van der Waals surface area (Å²) < 4.78 is 0. The quantitative estimate of drug-likeness (QED) is 0.767. The molecule has 0 saturated carbocycles. The predicted octanol–water partition coefficient (Wildman–Crippen LogP) is 4.20. The van der Waals surface area contributed by atoms with Gasteiger partial charge in [-0.1, -0.05) is 35.9 Å². The number of benzene rings is 2. The van der Waals surface area contributed by atoms with Gasteiger partial charge in [0, 0.05) is 25.0 Å². The topological polar surface area (TPSA) is 53.4 Å². The van der Waals surface area contributed by atoms with Gasteiger partial charge in [0.2, 0.25) is 5.91 Å². The van der Waals surface area contributed by atoms with Gasteiger partial charge in [0.1, 0.15) is 5.75 Å². The smallest absolute Gasteiger partial charge is 0.226 e. The summed E-state index contributed by atoms with van der Waals surface area (Å²) in [6.07, 6.45) is 0.334. The minimum Gasteiger partial charge on any atom is -0.506 e. The number of halogens is 1. The number of hydrogen-bond donors (Lipinski definition) is 1. The highest BCUT2D eigenvalue weighted by Gasteiger charge is 2.12. The van der Waals surface area contributed by atoms with Crippen LogP contribution >= 0.6 is 11.6 Å². The van der Waals surface area contributed by atoms with E-state index in [-0.39, 0.29) is 16.7 Å². The molecule has 0 atom stereocenters. The van der Waals surface area contributed by atoms with Gasteiger partial charge in [-0.15, -0.1) is 0 Å². The summed E-state index contributed by atoms with van der Waals surface area (Å²) in [7, 11) is 3.49. The number of phenols is 1. The SMILES string of the molecule is Cc1cc(-c2cccc(O)c2Cl)nc2cc(CC(=O)N(C)C)ccc12. The first kappa shape index (κ1) is 17.2. The average Bonchev–Trinajstić information content (AvgIpc) is 2.56. The molecule has 5 heteroatoms. The molecule has 1 heterocycles. The van der Waals surface area contributed by atoms with Crippen molar-refractivity contribution in [1.82, 2.24) is 9.88 Å². The molecule has 0 spiro atoms. The monoisotopic (exact) mass is 354 g/mol. The number of aromatic hydroxyl groups is 1. The van der Waals surface area contributed by atoms with Gasteiger partial charge in [0.25, 0.3) is 0 Å². The molecular weight excluding hydrogens is 336 g/mol. The molecular formula is C20H19ClN2O2. The number of nitrogens with zero attached hydrogens (tertiary/aromatic N) is 2. The molecule has 0 unspecified atom stereocenters. The number of hydrogen-bond acceptors (Lipinski definition) is 3. The van der Waals surface area contributed by atoms with Gasteiger partial charge in [-0.25, -0.2) is 4.98 Å². The van der Waals surface area contributed by atoms with Crippen molar-refractivity contribution >= 4 is 28.4 Å². The van der Waals surface area contributed by atoms with Crippen LogP contribution in [0.4, 0.5) is 0 Å². The summed E-state index contributed by atoms with van der Waals surface area (Å²) in [5.41, 5.74) is 4.16. The first-order valence-electron chi connectivity index (χ1n) is 7.95. The standard InChI is InChI=1S/C20H19ClN2O2/c1-12-9-16(15-5-4-6-18(24)20(15)21)22-17-10-13(7-8-14(12)17)11-19(25)23(2)3/h4-10,24H,11H2,1-3H3. The minimum atomic E-state index is 0.0315. The molecule has 1 amide bonds. The zero-order valence-electron chi connectivity index (χ0n) is 14.4. The molecule has 0 radical (unpaired) electrons. The summed E-state index contributed by atoms with van der Waals surface area (Å²) in [5, 5.41) is 11.2. The summed E-state index contributed by atoms with van der Waals surface area (Å²) >= 11 is 6.23. The van der Waals surface area contributed by atoms with Crippen molar-refractivity contribution in [2.24, 2.45) is 0 Å². The molecule has 0 bridgehead atoms. The van der Waals surface area contributed by atoms with Crippen molar-refractivity contribution in [1.29, 1.82) is 0 Å². The first-order chi connectivity index (χ1) is 11.9. The predicted molar refractivity (Wildman–Crippen MR) is 101 cm³/mol. The third-order valence-electron chi connectivity index (χ3n) is 4.19. The van der Waals surface area contributed by atoms with Crippen molar-refractivity contribution in [3.63, 3.8) is 0 Å². The highest BCUT2D eigenvalue weighted by atomic mass is 35.5. The van der Waals surface area contributed by atoms with Crippen LogP contribution in [-0.4, -0.2) is 35.0 Å². The lowest BCUT2D eigenvalue weighted by molar-refractivity contribution is -0.127. The number of pyridine rings is 1. The van der Waals surface area contributed by atoms with Crippen LogP contribution in [0.25, 0.3) is 22.2 Å². The van der Waals surface area contributed by atoms with E-state index in [2.05, 4.69) is 0 Å². The molecule has 4 nitrogen and oxygen atoms in total. The van der Waals surface area contributed by atoms with Crippen LogP contribution in [0, 0.1) is 6.92 Å². The van der Waals surface area contributed by atoms with Crippen LogP contribution in [0.3, 0.4) is 0 Å². The van der Waals surface area contributed by atoms with Crippen molar-refractivity contribution in [3.05, 3.63) is 58.6 Å². The van der Waals surface area contributed by atoms with E-state index < -0.39 is 0 Å². The molecule has 128 valence electrons. The fourth-order valence-corrected chi connectivity index (χ4v) is 2.97. The van der Waals surface area contributed by atoms with E-state index in [4.69, 9.17) is 16.6 Å². The summed E-state index contributed by atoms with van der Waals surface area (Å²) in [6, 6.07) is 12.9. The maximum absolute atomic E-state index is 11.9. The lowest BCUT2D eigenvalue weighted by atomic mass is 10.0. The molecule has 0 fully saturated rings.